The van der Waals surface area contributed by atoms with Crippen molar-refractivity contribution in [1.29, 1.82) is 0 Å². The van der Waals surface area contributed by atoms with Crippen LogP contribution in [0.5, 0.6) is 0 Å². The lowest BCUT2D eigenvalue weighted by molar-refractivity contribution is -0.120. The molecule has 0 spiro atoms. The lowest BCUT2D eigenvalue weighted by Gasteiger charge is -2.32. The summed E-state index contributed by atoms with van der Waals surface area (Å²) in [6, 6.07) is 8.07. The molecule has 1 heterocycles. The Hall–Kier alpha value is -1.39. The third-order valence-electron chi connectivity index (χ3n) is 3.28. The van der Waals surface area contributed by atoms with Crippen LogP contribution in [0, 0.1) is 0 Å². The minimum Gasteiger partial charge on any atom is -0.396 e. The summed E-state index contributed by atoms with van der Waals surface area (Å²) in [5, 5.41) is 8.79. The first-order chi connectivity index (χ1) is 8.70. The topological polar surface area (TPSA) is 43.8 Å². The van der Waals surface area contributed by atoms with Crippen LogP contribution in [0.2, 0.25) is 0 Å². The van der Waals surface area contributed by atoms with Gasteiger partial charge in [-0.25, -0.2) is 0 Å². The fourth-order valence-corrected chi connectivity index (χ4v) is 2.19. The molecule has 0 aromatic heterocycles. The zero-order valence-electron chi connectivity index (χ0n) is 10.8. The molecule has 1 N–H and O–H groups in total. The number of benzene rings is 1. The highest BCUT2D eigenvalue weighted by molar-refractivity contribution is 5.95. The highest BCUT2D eigenvalue weighted by Gasteiger charge is 2.22. The molecule has 1 aliphatic rings. The molecule has 1 aromatic rings. The Morgan fingerprint density at radius 1 is 1.22 bits per heavy atom. The molecule has 0 bridgehead atoms. The van der Waals surface area contributed by atoms with Crippen molar-refractivity contribution < 1.29 is 9.90 Å². The number of carbonyl (C=O) groups is 1. The monoisotopic (exact) mass is 248 g/mol. The average Bonchev–Trinajstić information content (AvgIpc) is 2.37. The quantitative estimate of drug-likeness (QED) is 0.860. The van der Waals surface area contributed by atoms with Crippen molar-refractivity contribution in [2.75, 3.05) is 38.2 Å². The van der Waals surface area contributed by atoms with Crippen LogP contribution in [-0.2, 0) is 11.2 Å². The van der Waals surface area contributed by atoms with Crippen molar-refractivity contribution in [2.45, 2.75) is 12.8 Å². The second kappa shape index (κ2) is 5.98. The van der Waals surface area contributed by atoms with Gasteiger partial charge in [-0.2, -0.15) is 0 Å². The molecule has 1 aliphatic heterocycles. The van der Waals surface area contributed by atoms with Crippen LogP contribution in [0.1, 0.15) is 12.0 Å². The summed E-state index contributed by atoms with van der Waals surface area (Å²) in [5.41, 5.74) is 2.18. The smallest absolute Gasteiger partial charge is 0.241 e. The summed E-state index contributed by atoms with van der Waals surface area (Å²) in [5.74, 6) is 0.159. The van der Waals surface area contributed by atoms with E-state index in [1.54, 1.807) is 0 Å². The number of rotatable bonds is 4. The fraction of sp³-hybridized carbons (Fsp3) is 0.500. The van der Waals surface area contributed by atoms with Crippen LogP contribution < -0.4 is 4.90 Å². The number of piperazine rings is 1. The molecule has 0 aliphatic carbocycles. The molecule has 0 saturated carbocycles. The molecule has 0 atom stereocenters. The molecule has 98 valence electrons. The second-order valence-electron chi connectivity index (χ2n) is 4.78. The Labute approximate surface area is 108 Å². The van der Waals surface area contributed by atoms with Crippen molar-refractivity contribution >= 4 is 11.6 Å². The highest BCUT2D eigenvalue weighted by Crippen LogP contribution is 2.18. The maximum absolute atomic E-state index is 11.9. The molecule has 1 fully saturated rings. The maximum atomic E-state index is 11.9. The van der Waals surface area contributed by atoms with E-state index >= 15 is 0 Å². The van der Waals surface area contributed by atoms with E-state index in [9.17, 15) is 4.79 Å². The van der Waals surface area contributed by atoms with Crippen LogP contribution in [-0.4, -0.2) is 49.2 Å². The van der Waals surface area contributed by atoms with E-state index in [4.69, 9.17) is 5.11 Å². The molecule has 1 amide bonds. The van der Waals surface area contributed by atoms with E-state index in [1.165, 1.54) is 5.56 Å². The Balaban J connectivity index is 2.02. The minimum atomic E-state index is 0.159. The largest absolute Gasteiger partial charge is 0.396 e. The second-order valence-corrected chi connectivity index (χ2v) is 4.78. The predicted octanol–water partition coefficient (Wildman–Crippen LogP) is 0.890. The molecule has 1 saturated heterocycles. The SMILES string of the molecule is CN1CCN(c2ccc(CCCO)cc2)C(=O)C1. The minimum absolute atomic E-state index is 0.159. The summed E-state index contributed by atoms with van der Waals surface area (Å²) >= 11 is 0. The first-order valence-electron chi connectivity index (χ1n) is 6.39. The van der Waals surface area contributed by atoms with Crippen molar-refractivity contribution in [2.24, 2.45) is 0 Å². The zero-order chi connectivity index (χ0) is 13.0. The van der Waals surface area contributed by atoms with E-state index in [1.807, 2.05) is 41.1 Å². The number of aryl methyl sites for hydroxylation is 1. The first-order valence-corrected chi connectivity index (χ1v) is 6.39. The first kappa shape index (κ1) is 13.1. The van der Waals surface area contributed by atoms with E-state index in [2.05, 4.69) is 0 Å². The number of aliphatic hydroxyl groups is 1. The van der Waals surface area contributed by atoms with Crippen LogP contribution in [0.4, 0.5) is 5.69 Å². The third-order valence-corrected chi connectivity index (χ3v) is 3.28. The van der Waals surface area contributed by atoms with E-state index in [0.717, 1.165) is 31.6 Å². The molecule has 1 aromatic carbocycles. The van der Waals surface area contributed by atoms with E-state index in [0.29, 0.717) is 6.54 Å². The molecule has 4 heteroatoms. The van der Waals surface area contributed by atoms with Crippen molar-refractivity contribution in [3.05, 3.63) is 29.8 Å². The van der Waals surface area contributed by atoms with Crippen LogP contribution in [0.15, 0.2) is 24.3 Å². The zero-order valence-corrected chi connectivity index (χ0v) is 10.8. The van der Waals surface area contributed by atoms with Gasteiger partial charge in [-0.05, 0) is 37.6 Å². The van der Waals surface area contributed by atoms with Crippen LogP contribution in [0.25, 0.3) is 0 Å². The number of amides is 1. The van der Waals surface area contributed by atoms with Gasteiger partial charge < -0.3 is 10.0 Å². The van der Waals surface area contributed by atoms with Gasteiger partial charge in [-0.3, -0.25) is 9.69 Å². The number of carbonyl (C=O) groups excluding carboxylic acids is 1. The van der Waals surface area contributed by atoms with Gasteiger partial charge in [0.2, 0.25) is 5.91 Å². The molecule has 4 nitrogen and oxygen atoms in total. The van der Waals surface area contributed by atoms with E-state index < -0.39 is 0 Å². The van der Waals surface area contributed by atoms with E-state index in [-0.39, 0.29) is 12.5 Å². The van der Waals surface area contributed by atoms with Gasteiger partial charge in [-0.15, -0.1) is 0 Å². The van der Waals surface area contributed by atoms with Crippen molar-refractivity contribution in [3.63, 3.8) is 0 Å². The van der Waals surface area contributed by atoms with Gasteiger partial charge in [0, 0.05) is 25.4 Å². The predicted molar refractivity (Wildman–Crippen MR) is 71.7 cm³/mol. The van der Waals surface area contributed by atoms with Crippen LogP contribution in [0.3, 0.4) is 0 Å². The lowest BCUT2D eigenvalue weighted by atomic mass is 10.1. The van der Waals surface area contributed by atoms with Gasteiger partial charge >= 0.3 is 0 Å². The molecule has 0 unspecified atom stereocenters. The Kier molecular flexibility index (Phi) is 4.33. The number of likely N-dealkylation sites (N-methyl/N-ethyl adjacent to an activating group) is 1. The van der Waals surface area contributed by atoms with Crippen LogP contribution >= 0.6 is 0 Å². The molecular formula is C14H20N2O2. The average molecular weight is 248 g/mol. The van der Waals surface area contributed by atoms with Gasteiger partial charge in [0.05, 0.1) is 6.54 Å². The Morgan fingerprint density at radius 2 is 1.94 bits per heavy atom. The molecule has 0 radical (unpaired) electrons. The Bertz CT molecular complexity index is 403. The highest BCUT2D eigenvalue weighted by atomic mass is 16.2. The molecular weight excluding hydrogens is 228 g/mol. The van der Waals surface area contributed by atoms with Gasteiger partial charge in [0.1, 0.15) is 0 Å². The number of aliphatic hydroxyl groups excluding tert-OH is 1. The number of hydrogen-bond donors (Lipinski definition) is 1. The summed E-state index contributed by atoms with van der Waals surface area (Å²) in [6.07, 6.45) is 1.67. The number of hydrogen-bond acceptors (Lipinski definition) is 3. The molecule has 18 heavy (non-hydrogen) atoms. The van der Waals surface area contributed by atoms with Crippen molar-refractivity contribution in [3.8, 4) is 0 Å². The third kappa shape index (κ3) is 3.09. The number of nitrogens with zero attached hydrogens (tertiary/aromatic N) is 2. The standard InChI is InChI=1S/C14H20N2O2/c1-15-8-9-16(14(18)11-15)13-6-4-12(5-7-13)3-2-10-17/h4-7,17H,2-3,8-11H2,1H3. The number of anilines is 1. The van der Waals surface area contributed by atoms with Gasteiger partial charge in [0.15, 0.2) is 0 Å². The maximum Gasteiger partial charge on any atom is 0.241 e. The summed E-state index contributed by atoms with van der Waals surface area (Å²) < 4.78 is 0. The summed E-state index contributed by atoms with van der Waals surface area (Å²) in [4.78, 5) is 15.8. The lowest BCUT2D eigenvalue weighted by Crippen LogP contribution is -2.48. The molecule has 2 rings (SSSR count). The summed E-state index contributed by atoms with van der Waals surface area (Å²) in [6.45, 7) is 2.38. The Morgan fingerprint density at radius 3 is 2.56 bits per heavy atom. The normalized spacial score (nSPS) is 17.2. The van der Waals surface area contributed by atoms with Gasteiger partial charge in [-0.1, -0.05) is 12.1 Å². The fourth-order valence-electron chi connectivity index (χ4n) is 2.19. The van der Waals surface area contributed by atoms with Gasteiger partial charge in [0.25, 0.3) is 0 Å². The summed E-state index contributed by atoms with van der Waals surface area (Å²) in [7, 11) is 1.97. The van der Waals surface area contributed by atoms with Crippen molar-refractivity contribution in [1.82, 2.24) is 4.90 Å².